The lowest BCUT2D eigenvalue weighted by Crippen LogP contribution is -2.16. The number of hydrogen-bond donors (Lipinski definition) is 0. The molecule has 0 fully saturated rings. The van der Waals surface area contributed by atoms with Gasteiger partial charge in [0.2, 0.25) is 0 Å². The van der Waals surface area contributed by atoms with Crippen LogP contribution in [0.3, 0.4) is 0 Å². The minimum atomic E-state index is 0.0382. The zero-order valence-corrected chi connectivity index (χ0v) is 27.9. The molecule has 222 valence electrons. The molecule has 2 heterocycles. The molecule has 3 aromatic carbocycles. The van der Waals surface area contributed by atoms with Crippen molar-refractivity contribution in [1.82, 2.24) is 9.97 Å². The number of hydrogen-bond acceptors (Lipinski definition) is 3. The second-order valence-electron chi connectivity index (χ2n) is 14.7. The molecule has 5 aromatic rings. The summed E-state index contributed by atoms with van der Waals surface area (Å²) in [6.07, 6.45) is 0. The summed E-state index contributed by atoms with van der Waals surface area (Å²) in [4.78, 5) is 15.7. The van der Waals surface area contributed by atoms with Gasteiger partial charge >= 0.3 is 0 Å². The number of para-hydroxylation sites is 1. The number of aliphatic imine (C=N–C) groups is 1. The van der Waals surface area contributed by atoms with Gasteiger partial charge in [-0.05, 0) is 76.1 Å². The highest BCUT2D eigenvalue weighted by atomic mass is 14.8. The highest BCUT2D eigenvalue weighted by molar-refractivity contribution is 6.06. The highest BCUT2D eigenvalue weighted by Gasteiger charge is 2.22. The molecule has 0 N–H and O–H groups in total. The van der Waals surface area contributed by atoms with Gasteiger partial charge in [0.25, 0.3) is 0 Å². The van der Waals surface area contributed by atoms with Gasteiger partial charge in [-0.3, -0.25) is 4.99 Å². The SMILES string of the molecule is CC(=Nc1c(C(C)C)cccc1C(C)C)c1ccc2ccc3ccc(-c4cc(C(C)(C)C)cc(C(C)(C)C)c4)nc3c2n1. The molecule has 0 spiro atoms. The van der Waals surface area contributed by atoms with Gasteiger partial charge < -0.3 is 0 Å². The van der Waals surface area contributed by atoms with E-state index >= 15 is 0 Å². The Hall–Kier alpha value is -3.85. The first-order chi connectivity index (χ1) is 20.1. The van der Waals surface area contributed by atoms with Crippen molar-refractivity contribution >= 4 is 33.2 Å². The standard InChI is InChI=1S/C40H47N3/c1-24(2)32-13-12-14-33(25(3)4)38(32)41-26(5)34-19-17-27-15-16-28-18-20-35(43-37(28)36(27)42-34)29-21-30(39(6,7)8)23-31(22-29)40(9,10)11/h12-25H,1-11H3. The molecule has 2 aromatic heterocycles. The van der Waals surface area contributed by atoms with E-state index in [0.717, 1.165) is 50.2 Å². The first-order valence-corrected chi connectivity index (χ1v) is 15.7. The van der Waals surface area contributed by atoms with Crippen LogP contribution in [0.15, 0.2) is 77.8 Å². The van der Waals surface area contributed by atoms with E-state index in [1.165, 1.54) is 22.3 Å². The summed E-state index contributed by atoms with van der Waals surface area (Å²) in [5.41, 5.74) is 12.1. The van der Waals surface area contributed by atoms with Crippen molar-refractivity contribution in [2.45, 2.75) is 98.8 Å². The van der Waals surface area contributed by atoms with Gasteiger partial charge in [0.15, 0.2) is 0 Å². The maximum absolute atomic E-state index is 5.28. The Labute approximate surface area is 258 Å². The van der Waals surface area contributed by atoms with E-state index in [4.69, 9.17) is 15.0 Å². The average molecular weight is 570 g/mol. The summed E-state index contributed by atoms with van der Waals surface area (Å²) in [7, 11) is 0. The maximum atomic E-state index is 5.28. The van der Waals surface area contributed by atoms with E-state index in [0.29, 0.717) is 11.8 Å². The molecule has 0 bridgehead atoms. The van der Waals surface area contributed by atoms with E-state index in [-0.39, 0.29) is 10.8 Å². The molecular weight excluding hydrogens is 522 g/mol. The van der Waals surface area contributed by atoms with Crippen LogP contribution in [-0.2, 0) is 10.8 Å². The normalized spacial score (nSPS) is 13.1. The topological polar surface area (TPSA) is 38.1 Å². The largest absolute Gasteiger partial charge is 0.251 e. The molecule has 0 atom stereocenters. The molecule has 3 heteroatoms. The molecule has 0 saturated heterocycles. The zero-order valence-electron chi connectivity index (χ0n) is 27.9. The lowest BCUT2D eigenvalue weighted by Gasteiger charge is -2.26. The summed E-state index contributed by atoms with van der Waals surface area (Å²) in [6.45, 7) is 24.7. The second kappa shape index (κ2) is 11.3. The lowest BCUT2D eigenvalue weighted by molar-refractivity contribution is 0.569. The monoisotopic (exact) mass is 569 g/mol. The fraction of sp³-hybridized carbons (Fsp3) is 0.375. The third-order valence-electron chi connectivity index (χ3n) is 8.47. The van der Waals surface area contributed by atoms with Gasteiger partial charge in [0, 0.05) is 16.3 Å². The summed E-state index contributed by atoms with van der Waals surface area (Å²) >= 11 is 0. The number of fused-ring (bicyclic) bond motifs is 3. The predicted octanol–water partition coefficient (Wildman–Crippen LogP) is 11.4. The van der Waals surface area contributed by atoms with Gasteiger partial charge in [-0.25, -0.2) is 9.97 Å². The summed E-state index contributed by atoms with van der Waals surface area (Å²) in [5, 5.41) is 2.17. The Kier molecular flexibility index (Phi) is 8.07. The van der Waals surface area contributed by atoms with Crippen LogP contribution in [0, 0.1) is 0 Å². The Morgan fingerprint density at radius 2 is 1.12 bits per heavy atom. The fourth-order valence-electron chi connectivity index (χ4n) is 5.64. The van der Waals surface area contributed by atoms with Gasteiger partial charge in [-0.15, -0.1) is 0 Å². The molecule has 0 radical (unpaired) electrons. The number of rotatable bonds is 5. The van der Waals surface area contributed by atoms with Gasteiger partial charge in [0.1, 0.15) is 0 Å². The maximum Gasteiger partial charge on any atom is 0.0972 e. The molecule has 3 nitrogen and oxygen atoms in total. The first-order valence-electron chi connectivity index (χ1n) is 15.7. The third-order valence-corrected chi connectivity index (χ3v) is 8.47. The Morgan fingerprint density at radius 3 is 1.63 bits per heavy atom. The number of pyridine rings is 2. The van der Waals surface area contributed by atoms with Gasteiger partial charge in [-0.1, -0.05) is 118 Å². The molecule has 0 amide bonds. The molecule has 0 saturated carbocycles. The van der Waals surface area contributed by atoms with Crippen molar-refractivity contribution in [3.8, 4) is 11.3 Å². The Balaban J connectivity index is 1.68. The van der Waals surface area contributed by atoms with Crippen molar-refractivity contribution in [2.75, 3.05) is 0 Å². The predicted molar refractivity (Wildman–Crippen MR) is 186 cm³/mol. The smallest absolute Gasteiger partial charge is 0.0972 e. The fourth-order valence-corrected chi connectivity index (χ4v) is 5.64. The van der Waals surface area contributed by atoms with Crippen LogP contribution >= 0.6 is 0 Å². The van der Waals surface area contributed by atoms with Crippen LogP contribution in [0.25, 0.3) is 33.1 Å². The molecule has 43 heavy (non-hydrogen) atoms. The molecule has 0 aliphatic carbocycles. The summed E-state index contributed by atoms with van der Waals surface area (Å²) < 4.78 is 0. The number of benzene rings is 3. The van der Waals surface area contributed by atoms with Crippen LogP contribution in [0.2, 0.25) is 0 Å². The Morgan fingerprint density at radius 1 is 0.628 bits per heavy atom. The molecule has 5 rings (SSSR count). The number of aromatic nitrogens is 2. The van der Waals surface area contributed by atoms with Crippen LogP contribution < -0.4 is 0 Å². The zero-order chi connectivity index (χ0) is 31.3. The van der Waals surface area contributed by atoms with Gasteiger partial charge in [0.05, 0.1) is 33.8 Å². The van der Waals surface area contributed by atoms with Crippen LogP contribution in [0.5, 0.6) is 0 Å². The van der Waals surface area contributed by atoms with Crippen LogP contribution in [0.4, 0.5) is 5.69 Å². The van der Waals surface area contributed by atoms with E-state index in [1.54, 1.807) is 0 Å². The van der Waals surface area contributed by atoms with Crippen molar-refractivity contribution in [3.63, 3.8) is 0 Å². The van der Waals surface area contributed by atoms with Crippen molar-refractivity contribution in [3.05, 3.63) is 101 Å². The van der Waals surface area contributed by atoms with Crippen molar-refractivity contribution in [2.24, 2.45) is 4.99 Å². The minimum Gasteiger partial charge on any atom is -0.251 e. The minimum absolute atomic E-state index is 0.0382. The quantitative estimate of drug-likeness (QED) is 0.156. The second-order valence-corrected chi connectivity index (χ2v) is 14.7. The third kappa shape index (κ3) is 6.27. The summed E-state index contributed by atoms with van der Waals surface area (Å²) in [5.74, 6) is 0.772. The average Bonchev–Trinajstić information content (AvgIpc) is 2.95. The van der Waals surface area contributed by atoms with Crippen LogP contribution in [0.1, 0.15) is 116 Å². The van der Waals surface area contributed by atoms with E-state index in [2.05, 4.69) is 149 Å². The molecule has 0 aliphatic heterocycles. The lowest BCUT2D eigenvalue weighted by atomic mass is 9.79. The van der Waals surface area contributed by atoms with Gasteiger partial charge in [-0.2, -0.15) is 0 Å². The van der Waals surface area contributed by atoms with E-state index < -0.39 is 0 Å². The summed E-state index contributed by atoms with van der Waals surface area (Å²) in [6, 6.07) is 26.4. The van der Waals surface area contributed by atoms with E-state index in [1.807, 2.05) is 0 Å². The Bertz CT molecular complexity index is 1780. The highest BCUT2D eigenvalue weighted by Crippen LogP contribution is 2.36. The molecular formula is C40H47N3. The van der Waals surface area contributed by atoms with Crippen molar-refractivity contribution < 1.29 is 0 Å². The molecule has 0 aliphatic rings. The van der Waals surface area contributed by atoms with Crippen LogP contribution in [-0.4, -0.2) is 15.7 Å². The number of nitrogens with zero attached hydrogens (tertiary/aromatic N) is 3. The molecule has 0 unspecified atom stereocenters. The van der Waals surface area contributed by atoms with E-state index in [9.17, 15) is 0 Å². The van der Waals surface area contributed by atoms with Crippen molar-refractivity contribution in [1.29, 1.82) is 0 Å². The first kappa shape index (κ1) is 30.6.